The summed E-state index contributed by atoms with van der Waals surface area (Å²) in [5.41, 5.74) is 2.61. The first-order valence-electron chi connectivity index (χ1n) is 7.61. The molecule has 24 heavy (non-hydrogen) atoms. The van der Waals surface area contributed by atoms with Crippen molar-refractivity contribution in [2.45, 2.75) is 19.1 Å². The Bertz CT molecular complexity index is 813. The molecule has 6 heteroatoms. The van der Waals surface area contributed by atoms with Crippen LogP contribution in [-0.2, 0) is 4.79 Å². The number of nitrogens with zero attached hydrogens (tertiary/aromatic N) is 1. The van der Waals surface area contributed by atoms with Crippen molar-refractivity contribution in [3.8, 4) is 21.9 Å². The molecule has 1 saturated heterocycles. The van der Waals surface area contributed by atoms with Gasteiger partial charge in [0.2, 0.25) is 5.91 Å². The molecule has 1 fully saturated rings. The van der Waals surface area contributed by atoms with E-state index >= 15 is 0 Å². The minimum Gasteiger partial charge on any atom is -0.504 e. The molecule has 0 spiro atoms. The molecule has 0 radical (unpaired) electrons. The van der Waals surface area contributed by atoms with Crippen LogP contribution >= 0.6 is 23.1 Å². The maximum Gasteiger partial charge on any atom is 0.245 e. The van der Waals surface area contributed by atoms with Crippen molar-refractivity contribution < 1.29 is 14.6 Å². The van der Waals surface area contributed by atoms with Gasteiger partial charge < -0.3 is 14.7 Å². The summed E-state index contributed by atoms with van der Waals surface area (Å²) in [6, 6.07) is 5.66. The maximum atomic E-state index is 12.5. The maximum absolute atomic E-state index is 12.5. The average Bonchev–Trinajstić information content (AvgIpc) is 3.08. The number of rotatable bonds is 4. The van der Waals surface area contributed by atoms with E-state index in [1.54, 1.807) is 29.4 Å². The number of phenols is 1. The van der Waals surface area contributed by atoms with Gasteiger partial charge in [0.25, 0.3) is 0 Å². The zero-order chi connectivity index (χ0) is 17.4. The summed E-state index contributed by atoms with van der Waals surface area (Å²) < 4.78 is 5.60. The van der Waals surface area contributed by atoms with Crippen LogP contribution in [0, 0.1) is 6.92 Å². The summed E-state index contributed by atoms with van der Waals surface area (Å²) in [7, 11) is 1.73. The number of phenolic OH excluding ortho intramolecular Hbond substituents is 1. The largest absolute Gasteiger partial charge is 0.504 e. The van der Waals surface area contributed by atoms with Crippen LogP contribution in [0.3, 0.4) is 0 Å². The molecule has 1 aromatic heterocycles. The van der Waals surface area contributed by atoms with E-state index in [2.05, 4.69) is 6.58 Å². The van der Waals surface area contributed by atoms with Gasteiger partial charge >= 0.3 is 0 Å². The standard InChI is InChI=1S/C18H19NO3S2/c1-5-22-14-9-12(17-18(21)19(4)11(3)24-17)8-13(15(14)20)16-10(2)6-7-23-16/h6-9,17,20H,3,5H2,1-2,4H3. The molecule has 1 aliphatic rings. The topological polar surface area (TPSA) is 49.8 Å². The van der Waals surface area contributed by atoms with Gasteiger partial charge in [-0.25, -0.2) is 0 Å². The Kier molecular flexibility index (Phi) is 4.60. The lowest BCUT2D eigenvalue weighted by Gasteiger charge is -2.15. The summed E-state index contributed by atoms with van der Waals surface area (Å²) in [4.78, 5) is 15.0. The van der Waals surface area contributed by atoms with E-state index in [0.717, 1.165) is 21.0 Å². The Hall–Kier alpha value is -1.92. The second-order valence-electron chi connectivity index (χ2n) is 5.57. The normalized spacial score (nSPS) is 17.6. The molecule has 0 bridgehead atoms. The van der Waals surface area contributed by atoms with Crippen LogP contribution in [0.5, 0.6) is 11.5 Å². The van der Waals surface area contributed by atoms with E-state index in [0.29, 0.717) is 17.9 Å². The highest BCUT2D eigenvalue weighted by Crippen LogP contribution is 2.48. The number of thiophene rings is 1. The Balaban J connectivity index is 2.14. The van der Waals surface area contributed by atoms with Gasteiger partial charge in [0.15, 0.2) is 11.5 Å². The van der Waals surface area contributed by atoms with Crippen LogP contribution in [0.25, 0.3) is 10.4 Å². The highest BCUT2D eigenvalue weighted by atomic mass is 32.2. The first-order valence-corrected chi connectivity index (χ1v) is 9.37. The molecule has 2 heterocycles. The SMILES string of the molecule is C=C1SC(c2cc(OCC)c(O)c(-c3sccc3C)c2)C(=O)N1C. The predicted octanol–water partition coefficient (Wildman–Crippen LogP) is 4.55. The lowest BCUT2D eigenvalue weighted by Crippen LogP contribution is -2.20. The number of benzene rings is 1. The van der Waals surface area contributed by atoms with Crippen LogP contribution in [0.4, 0.5) is 0 Å². The molecule has 3 rings (SSSR count). The van der Waals surface area contributed by atoms with Crippen LogP contribution in [0.1, 0.15) is 23.3 Å². The van der Waals surface area contributed by atoms with Gasteiger partial charge in [0, 0.05) is 17.5 Å². The number of thioether (sulfide) groups is 1. The fraction of sp³-hybridized carbons (Fsp3) is 0.278. The molecule has 1 unspecified atom stereocenters. The van der Waals surface area contributed by atoms with Crippen LogP contribution in [0.2, 0.25) is 0 Å². The van der Waals surface area contributed by atoms with Gasteiger partial charge in [-0.3, -0.25) is 4.79 Å². The third kappa shape index (κ3) is 2.80. The number of aryl methyl sites for hydroxylation is 1. The molecule has 4 nitrogen and oxygen atoms in total. The highest BCUT2D eigenvalue weighted by Gasteiger charge is 2.35. The Morgan fingerprint density at radius 1 is 1.42 bits per heavy atom. The van der Waals surface area contributed by atoms with Crippen molar-refractivity contribution in [1.82, 2.24) is 4.90 Å². The first kappa shape index (κ1) is 16.9. The lowest BCUT2D eigenvalue weighted by atomic mass is 10.0. The van der Waals surface area contributed by atoms with E-state index in [9.17, 15) is 9.90 Å². The zero-order valence-corrected chi connectivity index (χ0v) is 15.5. The number of aromatic hydroxyl groups is 1. The lowest BCUT2D eigenvalue weighted by molar-refractivity contribution is -0.126. The molecule has 1 aromatic carbocycles. The summed E-state index contributed by atoms with van der Waals surface area (Å²) in [5, 5.41) is 13.0. The van der Waals surface area contributed by atoms with E-state index in [1.807, 2.05) is 31.4 Å². The third-order valence-corrected chi connectivity index (χ3v) is 6.29. The molecule has 0 aliphatic carbocycles. The number of ether oxygens (including phenoxy) is 1. The van der Waals surface area contributed by atoms with Crippen molar-refractivity contribution in [2.75, 3.05) is 13.7 Å². The van der Waals surface area contributed by atoms with Gasteiger partial charge in [-0.1, -0.05) is 18.3 Å². The first-order chi connectivity index (χ1) is 11.4. The number of amides is 1. The average molecular weight is 361 g/mol. The molecule has 1 aliphatic heterocycles. The quantitative estimate of drug-likeness (QED) is 0.868. The number of carbonyl (C=O) groups excluding carboxylic acids is 1. The van der Waals surface area contributed by atoms with Crippen molar-refractivity contribution >= 4 is 29.0 Å². The third-order valence-electron chi connectivity index (χ3n) is 3.99. The van der Waals surface area contributed by atoms with Crippen LogP contribution in [-0.4, -0.2) is 29.6 Å². The second kappa shape index (κ2) is 6.53. The molecule has 1 N–H and O–H groups in total. The molecule has 0 saturated carbocycles. The van der Waals surface area contributed by atoms with Gasteiger partial charge in [0.1, 0.15) is 5.25 Å². The number of carbonyl (C=O) groups is 1. The van der Waals surface area contributed by atoms with E-state index < -0.39 is 0 Å². The highest BCUT2D eigenvalue weighted by molar-refractivity contribution is 8.04. The number of hydrogen-bond donors (Lipinski definition) is 1. The van der Waals surface area contributed by atoms with E-state index in [1.165, 1.54) is 11.8 Å². The fourth-order valence-electron chi connectivity index (χ4n) is 2.64. The van der Waals surface area contributed by atoms with Crippen molar-refractivity contribution in [3.05, 3.63) is 46.3 Å². The monoisotopic (exact) mass is 361 g/mol. The van der Waals surface area contributed by atoms with Gasteiger partial charge in [-0.05, 0) is 48.6 Å². The molecule has 1 amide bonds. The Morgan fingerprint density at radius 2 is 2.17 bits per heavy atom. The summed E-state index contributed by atoms with van der Waals surface area (Å²) in [6.07, 6.45) is 0. The zero-order valence-electron chi connectivity index (χ0n) is 13.8. The van der Waals surface area contributed by atoms with Gasteiger partial charge in [0.05, 0.1) is 11.6 Å². The van der Waals surface area contributed by atoms with Gasteiger partial charge in [-0.2, -0.15) is 0 Å². The van der Waals surface area contributed by atoms with Crippen molar-refractivity contribution in [3.63, 3.8) is 0 Å². The van der Waals surface area contributed by atoms with Crippen LogP contribution in [0.15, 0.2) is 35.2 Å². The fourth-order valence-corrected chi connectivity index (χ4v) is 4.64. The second-order valence-corrected chi connectivity index (χ2v) is 7.66. The summed E-state index contributed by atoms with van der Waals surface area (Å²) in [6.45, 7) is 8.23. The molecular formula is C18H19NO3S2. The molecule has 2 aromatic rings. The molecular weight excluding hydrogens is 342 g/mol. The number of hydrogen-bond acceptors (Lipinski definition) is 5. The molecule has 126 valence electrons. The predicted molar refractivity (Wildman–Crippen MR) is 99.6 cm³/mol. The van der Waals surface area contributed by atoms with Gasteiger partial charge in [-0.15, -0.1) is 11.3 Å². The Labute approximate surface area is 149 Å². The molecule has 1 atom stereocenters. The smallest absolute Gasteiger partial charge is 0.245 e. The van der Waals surface area contributed by atoms with Crippen molar-refractivity contribution in [1.29, 1.82) is 0 Å². The number of likely N-dealkylation sites (N-methyl/N-ethyl adjacent to an activating group) is 1. The van der Waals surface area contributed by atoms with Crippen LogP contribution < -0.4 is 4.74 Å². The summed E-state index contributed by atoms with van der Waals surface area (Å²) >= 11 is 2.99. The summed E-state index contributed by atoms with van der Waals surface area (Å²) in [5.74, 6) is 0.520. The van der Waals surface area contributed by atoms with Crippen molar-refractivity contribution in [2.24, 2.45) is 0 Å². The minimum absolute atomic E-state index is 0.00742. The van der Waals surface area contributed by atoms with E-state index in [-0.39, 0.29) is 16.9 Å². The van der Waals surface area contributed by atoms with E-state index in [4.69, 9.17) is 4.74 Å². The Morgan fingerprint density at radius 3 is 2.71 bits per heavy atom. The minimum atomic E-state index is -0.360.